The highest BCUT2D eigenvalue weighted by atomic mass is 16.2. The Labute approximate surface area is 178 Å². The summed E-state index contributed by atoms with van der Waals surface area (Å²) in [5, 5.41) is 5.97. The zero-order chi connectivity index (χ0) is 21.6. The summed E-state index contributed by atoms with van der Waals surface area (Å²) < 4.78 is 0. The van der Waals surface area contributed by atoms with E-state index in [1.807, 2.05) is 55.5 Å². The summed E-state index contributed by atoms with van der Waals surface area (Å²) in [6.45, 7) is 1.90. The second-order valence-corrected chi connectivity index (χ2v) is 7.81. The van der Waals surface area contributed by atoms with Gasteiger partial charge in [-0.25, -0.2) is 4.79 Å². The Morgan fingerprint density at radius 2 is 1.87 bits per heavy atom. The minimum absolute atomic E-state index is 0.00703. The van der Waals surface area contributed by atoms with Gasteiger partial charge in [0.25, 0.3) is 5.91 Å². The van der Waals surface area contributed by atoms with Gasteiger partial charge in [0.1, 0.15) is 5.54 Å². The number of rotatable bonds is 4. The van der Waals surface area contributed by atoms with E-state index in [1.165, 1.54) is 0 Å². The van der Waals surface area contributed by atoms with E-state index in [1.54, 1.807) is 0 Å². The number of fused-ring (bicyclic) bond motifs is 2. The molecule has 9 heteroatoms. The maximum atomic E-state index is 13.3. The first-order valence-corrected chi connectivity index (χ1v) is 10.0. The van der Waals surface area contributed by atoms with E-state index < -0.39 is 11.6 Å². The maximum Gasteiger partial charge on any atom is 0.325 e. The van der Waals surface area contributed by atoms with Crippen LogP contribution in [0.15, 0.2) is 48.5 Å². The third-order valence-corrected chi connectivity index (χ3v) is 5.73. The Morgan fingerprint density at radius 1 is 1.10 bits per heavy atom. The number of benzene rings is 2. The second-order valence-electron chi connectivity index (χ2n) is 7.81. The molecule has 1 aliphatic heterocycles. The summed E-state index contributed by atoms with van der Waals surface area (Å²) >= 11 is 0. The first kappa shape index (κ1) is 19.0. The minimum atomic E-state index is -1.02. The highest BCUT2D eigenvalue weighted by Gasteiger charge is 2.55. The van der Waals surface area contributed by atoms with E-state index in [4.69, 9.17) is 5.73 Å². The number of urea groups is 1. The van der Waals surface area contributed by atoms with Gasteiger partial charge in [-0.15, -0.1) is 0 Å². The van der Waals surface area contributed by atoms with Gasteiger partial charge >= 0.3 is 6.03 Å². The number of carbonyl (C=O) groups is 2. The van der Waals surface area contributed by atoms with Gasteiger partial charge in [0.15, 0.2) is 5.82 Å². The molecule has 1 aromatic heterocycles. The molecule has 5 rings (SSSR count). The van der Waals surface area contributed by atoms with Crippen molar-refractivity contribution >= 4 is 29.5 Å². The van der Waals surface area contributed by atoms with E-state index in [2.05, 4.69) is 25.6 Å². The molecule has 1 spiro atoms. The average Bonchev–Trinajstić information content (AvgIpc) is 3.23. The minimum Gasteiger partial charge on any atom is -0.368 e. The standard InChI is InChI=1S/C22H21N7O2/c1-13-6-8-15(9-7-13)24-20-26-17(25-19(23)27-20)12-29-18(30)22(28-21(29)31)11-10-14-4-2-3-5-16(14)22/h2-9H,10-12H2,1H3,(H,28,31)(H3,23,24,25,26,27)/t22-/m0/s1. The predicted octanol–water partition coefficient (Wildman–Crippen LogP) is 2.40. The number of amides is 3. The van der Waals surface area contributed by atoms with Crippen molar-refractivity contribution in [3.8, 4) is 0 Å². The van der Waals surface area contributed by atoms with Crippen LogP contribution >= 0.6 is 0 Å². The number of anilines is 3. The first-order valence-electron chi connectivity index (χ1n) is 10.0. The molecule has 9 nitrogen and oxygen atoms in total. The van der Waals surface area contributed by atoms with Crippen LogP contribution in [0.3, 0.4) is 0 Å². The fraction of sp³-hybridized carbons (Fsp3) is 0.227. The van der Waals surface area contributed by atoms with Gasteiger partial charge < -0.3 is 16.4 Å². The molecule has 1 aliphatic carbocycles. The summed E-state index contributed by atoms with van der Waals surface area (Å²) in [6.07, 6.45) is 1.27. The highest BCUT2D eigenvalue weighted by Crippen LogP contribution is 2.41. The Morgan fingerprint density at radius 3 is 2.68 bits per heavy atom. The Kier molecular flexibility index (Phi) is 4.32. The molecule has 3 aromatic rings. The fourth-order valence-corrected chi connectivity index (χ4v) is 4.21. The molecule has 2 aliphatic rings. The topological polar surface area (TPSA) is 126 Å². The van der Waals surface area contributed by atoms with Gasteiger partial charge in [-0.3, -0.25) is 9.69 Å². The summed E-state index contributed by atoms with van der Waals surface area (Å²) in [7, 11) is 0. The van der Waals surface area contributed by atoms with Gasteiger partial charge in [-0.1, -0.05) is 42.0 Å². The van der Waals surface area contributed by atoms with E-state index in [-0.39, 0.29) is 30.2 Å². The van der Waals surface area contributed by atoms with Gasteiger partial charge in [0, 0.05) is 5.69 Å². The van der Waals surface area contributed by atoms with Crippen molar-refractivity contribution in [1.82, 2.24) is 25.2 Å². The monoisotopic (exact) mass is 415 g/mol. The van der Waals surface area contributed by atoms with Crippen LogP contribution in [0.5, 0.6) is 0 Å². The lowest BCUT2D eigenvalue weighted by Gasteiger charge is -2.22. The molecule has 0 bridgehead atoms. The van der Waals surface area contributed by atoms with Crippen LogP contribution in [0.1, 0.15) is 28.9 Å². The number of hydrogen-bond donors (Lipinski definition) is 3. The summed E-state index contributed by atoms with van der Waals surface area (Å²) in [5.74, 6) is 0.190. The van der Waals surface area contributed by atoms with Crippen molar-refractivity contribution in [2.75, 3.05) is 11.1 Å². The number of nitrogen functional groups attached to an aromatic ring is 1. The number of imide groups is 1. The van der Waals surface area contributed by atoms with Crippen LogP contribution in [-0.4, -0.2) is 31.8 Å². The average molecular weight is 415 g/mol. The van der Waals surface area contributed by atoms with Gasteiger partial charge in [0.2, 0.25) is 11.9 Å². The van der Waals surface area contributed by atoms with E-state index in [0.717, 1.165) is 33.7 Å². The van der Waals surface area contributed by atoms with Gasteiger partial charge in [-0.2, -0.15) is 15.0 Å². The zero-order valence-corrected chi connectivity index (χ0v) is 16.9. The lowest BCUT2D eigenvalue weighted by molar-refractivity contribution is -0.132. The number of aromatic nitrogens is 3. The van der Waals surface area contributed by atoms with Crippen LogP contribution in [0.4, 0.5) is 22.4 Å². The van der Waals surface area contributed by atoms with Gasteiger partial charge in [0.05, 0.1) is 6.54 Å². The number of nitrogens with zero attached hydrogens (tertiary/aromatic N) is 4. The Hall–Kier alpha value is -4.01. The molecule has 1 atom stereocenters. The third-order valence-electron chi connectivity index (χ3n) is 5.73. The normalized spacial score (nSPS) is 19.6. The van der Waals surface area contributed by atoms with Crippen molar-refractivity contribution < 1.29 is 9.59 Å². The molecular weight excluding hydrogens is 394 g/mol. The van der Waals surface area contributed by atoms with Crippen molar-refractivity contribution in [2.45, 2.75) is 31.8 Å². The molecule has 31 heavy (non-hydrogen) atoms. The zero-order valence-electron chi connectivity index (χ0n) is 16.9. The quantitative estimate of drug-likeness (QED) is 0.559. The van der Waals surface area contributed by atoms with Gasteiger partial charge in [-0.05, 0) is 43.0 Å². The molecule has 0 unspecified atom stereocenters. The molecule has 4 N–H and O–H groups in total. The molecule has 2 aromatic carbocycles. The molecular formula is C22H21N7O2. The van der Waals surface area contributed by atoms with Crippen molar-refractivity contribution in [3.05, 3.63) is 71.0 Å². The van der Waals surface area contributed by atoms with Crippen LogP contribution in [0.25, 0.3) is 0 Å². The predicted molar refractivity (Wildman–Crippen MR) is 114 cm³/mol. The lowest BCUT2D eigenvalue weighted by atomic mass is 9.92. The number of carbonyl (C=O) groups excluding carboxylic acids is 2. The molecule has 0 radical (unpaired) electrons. The van der Waals surface area contributed by atoms with Crippen LogP contribution in [-0.2, 0) is 23.3 Å². The summed E-state index contributed by atoms with van der Waals surface area (Å²) in [4.78, 5) is 39.8. The van der Waals surface area contributed by atoms with Crippen molar-refractivity contribution in [1.29, 1.82) is 0 Å². The van der Waals surface area contributed by atoms with Crippen molar-refractivity contribution in [3.63, 3.8) is 0 Å². The number of hydrogen-bond acceptors (Lipinski definition) is 7. The molecule has 1 fully saturated rings. The Bertz CT molecular complexity index is 1190. The second kappa shape index (κ2) is 7.05. The molecule has 156 valence electrons. The van der Waals surface area contributed by atoms with E-state index in [9.17, 15) is 9.59 Å². The van der Waals surface area contributed by atoms with Crippen LogP contribution in [0.2, 0.25) is 0 Å². The first-order chi connectivity index (χ1) is 14.9. The van der Waals surface area contributed by atoms with E-state index >= 15 is 0 Å². The lowest BCUT2D eigenvalue weighted by Crippen LogP contribution is -2.41. The van der Waals surface area contributed by atoms with Crippen LogP contribution in [0, 0.1) is 6.92 Å². The number of aryl methyl sites for hydroxylation is 2. The fourth-order valence-electron chi connectivity index (χ4n) is 4.21. The molecule has 1 saturated heterocycles. The largest absolute Gasteiger partial charge is 0.368 e. The number of nitrogens with two attached hydrogens (primary N) is 1. The molecule has 2 heterocycles. The van der Waals surface area contributed by atoms with E-state index in [0.29, 0.717) is 6.42 Å². The third kappa shape index (κ3) is 3.24. The SMILES string of the molecule is Cc1ccc(Nc2nc(N)nc(CN3C(=O)N[C@]4(CCc5ccccc54)C3=O)n2)cc1. The smallest absolute Gasteiger partial charge is 0.325 e. The van der Waals surface area contributed by atoms with Crippen molar-refractivity contribution in [2.24, 2.45) is 0 Å². The maximum absolute atomic E-state index is 13.3. The molecule has 3 amide bonds. The highest BCUT2D eigenvalue weighted by molar-refractivity contribution is 6.08. The number of nitrogens with one attached hydrogen (secondary N) is 2. The van der Waals surface area contributed by atoms with Crippen LogP contribution < -0.4 is 16.4 Å². The summed E-state index contributed by atoms with van der Waals surface area (Å²) in [5.41, 5.74) is 8.68. The molecule has 0 saturated carbocycles. The Balaban J connectivity index is 1.40. The summed E-state index contributed by atoms with van der Waals surface area (Å²) in [6, 6.07) is 14.9.